The van der Waals surface area contributed by atoms with Crippen LogP contribution in [0.2, 0.25) is 0 Å². The second-order valence-corrected chi connectivity index (χ2v) is 7.36. The van der Waals surface area contributed by atoms with E-state index in [1.807, 2.05) is 58.0 Å². The molecule has 27 heavy (non-hydrogen) atoms. The fourth-order valence-electron chi connectivity index (χ4n) is 3.62. The number of benzene rings is 1. The molecule has 1 aromatic carbocycles. The van der Waals surface area contributed by atoms with Gasteiger partial charge in [0.2, 0.25) is 11.8 Å². The third kappa shape index (κ3) is 3.70. The molecular formula is C21H27N3O3. The van der Waals surface area contributed by atoms with Gasteiger partial charge in [0.15, 0.2) is 0 Å². The Morgan fingerprint density at radius 2 is 1.85 bits per heavy atom. The smallest absolute Gasteiger partial charge is 0.229 e. The number of amides is 2. The van der Waals surface area contributed by atoms with Gasteiger partial charge in [-0.05, 0) is 52.0 Å². The van der Waals surface area contributed by atoms with Gasteiger partial charge in [-0.2, -0.15) is 0 Å². The molecule has 0 radical (unpaired) electrons. The average Bonchev–Trinajstić information content (AvgIpc) is 3.18. The molecule has 6 nitrogen and oxygen atoms in total. The summed E-state index contributed by atoms with van der Waals surface area (Å²) in [6.07, 6.45) is 0.261. The Morgan fingerprint density at radius 3 is 2.41 bits per heavy atom. The number of hydrogen-bond acceptors (Lipinski definition) is 3. The van der Waals surface area contributed by atoms with Crippen molar-refractivity contribution in [2.45, 2.75) is 40.2 Å². The van der Waals surface area contributed by atoms with E-state index >= 15 is 0 Å². The lowest BCUT2D eigenvalue weighted by Crippen LogP contribution is -2.33. The number of aromatic nitrogens is 1. The maximum absolute atomic E-state index is 12.8. The quantitative estimate of drug-likeness (QED) is 0.880. The van der Waals surface area contributed by atoms with Crippen LogP contribution in [0, 0.1) is 19.8 Å². The maximum Gasteiger partial charge on any atom is 0.229 e. The fourth-order valence-corrected chi connectivity index (χ4v) is 3.62. The largest absolute Gasteiger partial charge is 0.497 e. The highest BCUT2D eigenvalue weighted by Crippen LogP contribution is 2.30. The van der Waals surface area contributed by atoms with Crippen LogP contribution in [-0.4, -0.2) is 41.0 Å². The molecule has 6 heteroatoms. The molecule has 1 saturated heterocycles. The van der Waals surface area contributed by atoms with Crippen molar-refractivity contribution in [1.29, 1.82) is 0 Å². The number of carbonyl (C=O) groups excluding carboxylic acids is 2. The molecule has 1 aliphatic heterocycles. The van der Waals surface area contributed by atoms with Gasteiger partial charge in [-0.3, -0.25) is 9.59 Å². The molecule has 1 aliphatic rings. The number of aryl methyl sites for hydroxylation is 2. The second-order valence-electron chi connectivity index (χ2n) is 7.36. The molecule has 3 rings (SSSR count). The number of likely N-dealkylation sites (tertiary alicyclic amines) is 1. The zero-order valence-electron chi connectivity index (χ0n) is 16.6. The summed E-state index contributed by atoms with van der Waals surface area (Å²) in [7, 11) is 1.62. The van der Waals surface area contributed by atoms with E-state index in [1.165, 1.54) is 0 Å². The van der Waals surface area contributed by atoms with Gasteiger partial charge in [-0.1, -0.05) is 0 Å². The van der Waals surface area contributed by atoms with Crippen molar-refractivity contribution < 1.29 is 14.3 Å². The molecule has 1 atom stereocenters. The first-order chi connectivity index (χ1) is 12.8. The highest BCUT2D eigenvalue weighted by atomic mass is 16.5. The molecule has 0 bridgehead atoms. The Morgan fingerprint density at radius 1 is 1.19 bits per heavy atom. The van der Waals surface area contributed by atoms with Crippen LogP contribution < -0.4 is 10.1 Å². The van der Waals surface area contributed by atoms with Gasteiger partial charge in [0.25, 0.3) is 0 Å². The molecule has 2 amide bonds. The van der Waals surface area contributed by atoms with E-state index in [-0.39, 0.29) is 30.2 Å². The number of nitrogens with one attached hydrogen (secondary N) is 1. The SMILES string of the molecule is COc1ccc(NC(=O)[C@@H]2CC(=O)N(C(C)C)C2)c(-n2c(C)ccc2C)c1. The summed E-state index contributed by atoms with van der Waals surface area (Å²) in [5.41, 5.74) is 3.70. The number of anilines is 1. The number of ether oxygens (including phenoxy) is 1. The van der Waals surface area contributed by atoms with Crippen LogP contribution in [0.4, 0.5) is 5.69 Å². The predicted octanol–water partition coefficient (Wildman–Crippen LogP) is 3.30. The van der Waals surface area contributed by atoms with Crippen LogP contribution in [0.15, 0.2) is 30.3 Å². The summed E-state index contributed by atoms with van der Waals surface area (Å²) >= 11 is 0. The third-order valence-corrected chi connectivity index (χ3v) is 5.13. The van der Waals surface area contributed by atoms with E-state index < -0.39 is 0 Å². The van der Waals surface area contributed by atoms with Crippen LogP contribution >= 0.6 is 0 Å². The standard InChI is InChI=1S/C21H27N3O3/c1-13(2)23-12-16(10-20(23)25)21(26)22-18-9-8-17(27-5)11-19(18)24-14(3)6-7-15(24)4/h6-9,11,13,16H,10,12H2,1-5H3,(H,22,26)/t16-/m1/s1. The van der Waals surface area contributed by atoms with Crippen LogP contribution in [0.5, 0.6) is 5.75 Å². The molecule has 1 aromatic heterocycles. The van der Waals surface area contributed by atoms with Gasteiger partial charge in [0, 0.05) is 36.5 Å². The summed E-state index contributed by atoms with van der Waals surface area (Å²) in [5.74, 6) is 0.303. The van der Waals surface area contributed by atoms with Crippen molar-refractivity contribution in [1.82, 2.24) is 9.47 Å². The molecule has 1 fully saturated rings. The maximum atomic E-state index is 12.8. The van der Waals surface area contributed by atoms with Crippen LogP contribution in [0.1, 0.15) is 31.7 Å². The summed E-state index contributed by atoms with van der Waals surface area (Å²) in [6.45, 7) is 8.45. The number of nitrogens with zero attached hydrogens (tertiary/aromatic N) is 2. The van der Waals surface area contributed by atoms with Crippen molar-refractivity contribution >= 4 is 17.5 Å². The average molecular weight is 369 g/mol. The van der Waals surface area contributed by atoms with E-state index in [0.29, 0.717) is 12.2 Å². The first-order valence-electron chi connectivity index (χ1n) is 9.25. The summed E-state index contributed by atoms with van der Waals surface area (Å²) in [6, 6.07) is 9.77. The summed E-state index contributed by atoms with van der Waals surface area (Å²) < 4.78 is 7.45. The van der Waals surface area contributed by atoms with Crippen LogP contribution in [-0.2, 0) is 9.59 Å². The molecule has 144 valence electrons. The number of carbonyl (C=O) groups is 2. The number of hydrogen-bond donors (Lipinski definition) is 1. The zero-order chi connectivity index (χ0) is 19.7. The molecule has 0 saturated carbocycles. The highest BCUT2D eigenvalue weighted by molar-refractivity contribution is 5.98. The first-order valence-corrected chi connectivity index (χ1v) is 9.25. The van der Waals surface area contributed by atoms with Gasteiger partial charge in [-0.15, -0.1) is 0 Å². The van der Waals surface area contributed by atoms with Crippen molar-refractivity contribution in [3.8, 4) is 11.4 Å². The van der Waals surface area contributed by atoms with E-state index in [4.69, 9.17) is 4.74 Å². The van der Waals surface area contributed by atoms with Crippen LogP contribution in [0.25, 0.3) is 5.69 Å². The van der Waals surface area contributed by atoms with Gasteiger partial charge in [-0.25, -0.2) is 0 Å². The van der Waals surface area contributed by atoms with Crippen molar-refractivity contribution in [2.75, 3.05) is 19.0 Å². The van der Waals surface area contributed by atoms with Crippen molar-refractivity contribution in [2.24, 2.45) is 5.92 Å². The van der Waals surface area contributed by atoms with Crippen molar-refractivity contribution in [3.05, 3.63) is 41.7 Å². The first kappa shape index (κ1) is 19.0. The fraction of sp³-hybridized carbons (Fsp3) is 0.429. The van der Waals surface area contributed by atoms with Gasteiger partial charge < -0.3 is 19.5 Å². The van der Waals surface area contributed by atoms with Crippen LogP contribution in [0.3, 0.4) is 0 Å². The lowest BCUT2D eigenvalue weighted by atomic mass is 10.1. The number of rotatable bonds is 5. The topological polar surface area (TPSA) is 63.6 Å². The molecule has 0 spiro atoms. The zero-order valence-corrected chi connectivity index (χ0v) is 16.6. The monoisotopic (exact) mass is 369 g/mol. The molecular weight excluding hydrogens is 342 g/mol. The summed E-state index contributed by atoms with van der Waals surface area (Å²) in [4.78, 5) is 26.7. The normalized spacial score (nSPS) is 16.9. The minimum Gasteiger partial charge on any atom is -0.497 e. The Hall–Kier alpha value is -2.76. The molecule has 2 heterocycles. The Labute approximate surface area is 160 Å². The van der Waals surface area contributed by atoms with E-state index in [1.54, 1.807) is 12.0 Å². The molecule has 1 N–H and O–H groups in total. The van der Waals surface area contributed by atoms with E-state index in [0.717, 1.165) is 22.8 Å². The van der Waals surface area contributed by atoms with Crippen molar-refractivity contribution in [3.63, 3.8) is 0 Å². The summed E-state index contributed by atoms with van der Waals surface area (Å²) in [5, 5.41) is 3.03. The lowest BCUT2D eigenvalue weighted by Gasteiger charge is -2.21. The molecule has 0 unspecified atom stereocenters. The minimum absolute atomic E-state index is 0.0391. The van der Waals surface area contributed by atoms with E-state index in [2.05, 4.69) is 9.88 Å². The Bertz CT molecular complexity index is 850. The Balaban J connectivity index is 1.89. The minimum atomic E-state index is -0.332. The number of methoxy groups -OCH3 is 1. The van der Waals surface area contributed by atoms with Gasteiger partial charge in [0.1, 0.15) is 5.75 Å². The molecule has 0 aliphatic carbocycles. The molecule has 2 aromatic rings. The van der Waals surface area contributed by atoms with E-state index in [9.17, 15) is 9.59 Å². The second kappa shape index (κ2) is 7.47. The lowest BCUT2D eigenvalue weighted by molar-refractivity contribution is -0.129. The predicted molar refractivity (Wildman–Crippen MR) is 105 cm³/mol. The van der Waals surface area contributed by atoms with Gasteiger partial charge >= 0.3 is 0 Å². The Kier molecular flexibility index (Phi) is 5.26. The third-order valence-electron chi connectivity index (χ3n) is 5.13. The highest BCUT2D eigenvalue weighted by Gasteiger charge is 2.35. The van der Waals surface area contributed by atoms with Gasteiger partial charge in [0.05, 0.1) is 24.4 Å².